The van der Waals surface area contributed by atoms with Crippen molar-refractivity contribution < 1.29 is 32.4 Å². The van der Waals surface area contributed by atoms with E-state index in [0.29, 0.717) is 32.6 Å². The van der Waals surface area contributed by atoms with Gasteiger partial charge in [-0.3, -0.25) is 19.8 Å². The molecule has 1 aliphatic rings. The molecule has 0 atom stereocenters. The largest absolute Gasteiger partial charge is 0.490 e. The molecule has 0 unspecified atom stereocenters. The van der Waals surface area contributed by atoms with Crippen LogP contribution in [0.25, 0.3) is 6.08 Å². The molecular weight excluding hydrogens is 573 g/mol. The number of thioether (sulfide) groups is 2. The van der Waals surface area contributed by atoms with Gasteiger partial charge in [0.05, 0.1) is 27.7 Å². The fourth-order valence-corrected chi connectivity index (χ4v) is 5.35. The second-order valence-electron chi connectivity index (χ2n) is 7.90. The zero-order chi connectivity index (χ0) is 28.3. The van der Waals surface area contributed by atoms with Crippen LogP contribution in [0, 0.1) is 10.1 Å². The number of halogens is 3. The minimum Gasteiger partial charge on any atom is -0.490 e. The van der Waals surface area contributed by atoms with Gasteiger partial charge in [-0.15, -0.1) is 11.8 Å². The normalized spacial score (nSPS) is 14.7. The van der Waals surface area contributed by atoms with E-state index in [1.54, 1.807) is 43.0 Å². The first kappa shape index (κ1) is 28.5. The van der Waals surface area contributed by atoms with E-state index >= 15 is 0 Å². The van der Waals surface area contributed by atoms with Crippen molar-refractivity contribution in [3.8, 4) is 17.2 Å². The summed E-state index contributed by atoms with van der Waals surface area (Å²) in [5.41, 5.74) is -0.791. The van der Waals surface area contributed by atoms with E-state index < -0.39 is 22.4 Å². The number of benzene rings is 3. The van der Waals surface area contributed by atoms with Crippen LogP contribution in [0.1, 0.15) is 18.1 Å². The van der Waals surface area contributed by atoms with Crippen LogP contribution in [0.2, 0.25) is 0 Å². The highest BCUT2D eigenvalue weighted by molar-refractivity contribution is 8.27. The van der Waals surface area contributed by atoms with Crippen LogP contribution >= 0.6 is 35.7 Å². The molecule has 202 valence electrons. The molecule has 4 rings (SSSR count). The number of thiocarbonyl (C=S) groups is 1. The number of alkyl halides is 3. The predicted octanol–water partition coefficient (Wildman–Crippen LogP) is 7.93. The SMILES string of the molecule is CCOc1cc(/C=C2/SC(=S)N(c3cccc(SC)c3)C2=O)ccc1Oc1ccc(C(F)(F)F)cc1[N+](=O)[O-]. The van der Waals surface area contributed by atoms with E-state index in [-0.39, 0.29) is 29.8 Å². The van der Waals surface area contributed by atoms with Crippen molar-refractivity contribution in [1.82, 2.24) is 0 Å². The van der Waals surface area contributed by atoms with E-state index in [2.05, 4.69) is 0 Å². The quantitative estimate of drug-likeness (QED) is 0.0858. The minimum absolute atomic E-state index is 0.0540. The zero-order valence-electron chi connectivity index (χ0n) is 20.4. The Labute approximate surface area is 235 Å². The first-order valence-electron chi connectivity index (χ1n) is 11.2. The molecule has 0 radical (unpaired) electrons. The smallest absolute Gasteiger partial charge is 0.416 e. The number of carbonyl (C=O) groups is 1. The average molecular weight is 593 g/mol. The molecular formula is C26H19F3N2O5S3. The summed E-state index contributed by atoms with van der Waals surface area (Å²) in [6.45, 7) is 1.92. The summed E-state index contributed by atoms with van der Waals surface area (Å²) in [5.74, 6) is -0.432. The highest BCUT2D eigenvalue weighted by atomic mass is 32.2. The van der Waals surface area contributed by atoms with E-state index in [4.69, 9.17) is 21.7 Å². The molecule has 3 aromatic carbocycles. The number of amides is 1. The molecule has 1 saturated heterocycles. The molecule has 0 spiro atoms. The number of ether oxygens (including phenoxy) is 2. The summed E-state index contributed by atoms with van der Waals surface area (Å²) < 4.78 is 50.8. The second kappa shape index (κ2) is 11.7. The van der Waals surface area contributed by atoms with Crippen LogP contribution in [-0.2, 0) is 11.0 Å². The van der Waals surface area contributed by atoms with Crippen molar-refractivity contribution in [3.63, 3.8) is 0 Å². The molecule has 0 bridgehead atoms. The molecule has 0 aromatic heterocycles. The summed E-state index contributed by atoms with van der Waals surface area (Å²) >= 11 is 8.14. The van der Waals surface area contributed by atoms with Gasteiger partial charge in [0, 0.05) is 11.0 Å². The summed E-state index contributed by atoms with van der Waals surface area (Å²) in [4.78, 5) is 26.5. The average Bonchev–Trinajstić information content (AvgIpc) is 3.17. The Kier molecular flexibility index (Phi) is 8.52. The lowest BCUT2D eigenvalue weighted by atomic mass is 10.1. The Morgan fingerprint density at radius 2 is 1.85 bits per heavy atom. The van der Waals surface area contributed by atoms with Crippen LogP contribution in [0.3, 0.4) is 0 Å². The van der Waals surface area contributed by atoms with Gasteiger partial charge in [0.1, 0.15) is 0 Å². The number of rotatable bonds is 8. The molecule has 1 aliphatic heterocycles. The molecule has 39 heavy (non-hydrogen) atoms. The Morgan fingerprint density at radius 3 is 2.51 bits per heavy atom. The molecule has 0 aliphatic carbocycles. The van der Waals surface area contributed by atoms with Gasteiger partial charge in [-0.25, -0.2) is 0 Å². The number of nitrogens with zero attached hydrogens (tertiary/aromatic N) is 2. The molecule has 13 heteroatoms. The lowest BCUT2D eigenvalue weighted by molar-refractivity contribution is -0.385. The van der Waals surface area contributed by atoms with Crippen molar-refractivity contribution in [3.05, 3.63) is 86.8 Å². The van der Waals surface area contributed by atoms with Gasteiger partial charge in [-0.2, -0.15) is 13.2 Å². The molecule has 1 amide bonds. The molecule has 7 nitrogen and oxygen atoms in total. The topological polar surface area (TPSA) is 81.9 Å². The third-order valence-corrected chi connectivity index (χ3v) is 7.40. The first-order chi connectivity index (χ1) is 18.5. The summed E-state index contributed by atoms with van der Waals surface area (Å²) in [7, 11) is 0. The van der Waals surface area contributed by atoms with Gasteiger partial charge in [0.25, 0.3) is 5.91 Å². The van der Waals surface area contributed by atoms with Crippen LogP contribution in [0.4, 0.5) is 24.5 Å². The van der Waals surface area contributed by atoms with Gasteiger partial charge >= 0.3 is 11.9 Å². The van der Waals surface area contributed by atoms with Crippen LogP contribution in [0.5, 0.6) is 17.2 Å². The van der Waals surface area contributed by atoms with Gasteiger partial charge in [-0.05, 0) is 67.3 Å². The number of hydrogen-bond donors (Lipinski definition) is 0. The maximum absolute atomic E-state index is 13.2. The van der Waals surface area contributed by atoms with Crippen molar-refractivity contribution >= 4 is 63.4 Å². The fourth-order valence-electron chi connectivity index (χ4n) is 3.60. The highest BCUT2D eigenvalue weighted by Gasteiger charge is 2.34. The van der Waals surface area contributed by atoms with Crippen LogP contribution in [-0.4, -0.2) is 28.0 Å². The van der Waals surface area contributed by atoms with Gasteiger partial charge in [0.15, 0.2) is 15.8 Å². The number of nitro benzene ring substituents is 1. The van der Waals surface area contributed by atoms with Gasteiger partial charge in [-0.1, -0.05) is 36.1 Å². The van der Waals surface area contributed by atoms with Crippen molar-refractivity contribution in [2.45, 2.75) is 18.0 Å². The number of hydrogen-bond acceptors (Lipinski definition) is 8. The zero-order valence-corrected chi connectivity index (χ0v) is 22.8. The summed E-state index contributed by atoms with van der Waals surface area (Å²) in [5, 5.41) is 11.4. The number of nitro groups is 1. The molecule has 0 N–H and O–H groups in total. The highest BCUT2D eigenvalue weighted by Crippen LogP contribution is 2.42. The van der Waals surface area contributed by atoms with E-state index in [0.717, 1.165) is 22.7 Å². The lowest BCUT2D eigenvalue weighted by Crippen LogP contribution is -2.27. The van der Waals surface area contributed by atoms with E-state index in [1.165, 1.54) is 11.0 Å². The monoisotopic (exact) mass is 592 g/mol. The second-order valence-corrected chi connectivity index (χ2v) is 10.5. The maximum Gasteiger partial charge on any atom is 0.416 e. The Hall–Kier alpha value is -3.55. The Morgan fingerprint density at radius 1 is 1.10 bits per heavy atom. The van der Waals surface area contributed by atoms with Crippen molar-refractivity contribution in [2.24, 2.45) is 0 Å². The van der Waals surface area contributed by atoms with Gasteiger partial charge < -0.3 is 9.47 Å². The van der Waals surface area contributed by atoms with Gasteiger partial charge in [0.2, 0.25) is 5.75 Å². The van der Waals surface area contributed by atoms with E-state index in [1.807, 2.05) is 24.5 Å². The third kappa shape index (κ3) is 6.37. The standard InChI is InChI=1S/C26H19F3N2O5S3/c1-3-35-22-11-15(12-23-24(32)30(25(37)39-23)17-5-4-6-18(14-17)38-2)7-9-21(22)36-20-10-8-16(26(27,28)29)13-19(20)31(33)34/h4-14H,3H2,1-2H3/b23-12+. The summed E-state index contributed by atoms with van der Waals surface area (Å²) in [6.07, 6.45) is -1.19. The third-order valence-electron chi connectivity index (χ3n) is 5.37. The Balaban J connectivity index is 1.64. The van der Waals surface area contributed by atoms with E-state index in [9.17, 15) is 28.1 Å². The Bertz CT molecular complexity index is 1490. The lowest BCUT2D eigenvalue weighted by Gasteiger charge is -2.15. The molecule has 1 fully saturated rings. The first-order valence-corrected chi connectivity index (χ1v) is 13.7. The molecule has 0 saturated carbocycles. The minimum atomic E-state index is -4.75. The summed E-state index contributed by atoms with van der Waals surface area (Å²) in [6, 6.07) is 14.1. The fraction of sp³-hybridized carbons (Fsp3) is 0.154. The maximum atomic E-state index is 13.2. The van der Waals surface area contributed by atoms with Crippen LogP contribution in [0.15, 0.2) is 70.5 Å². The molecule has 1 heterocycles. The molecule has 3 aromatic rings. The van der Waals surface area contributed by atoms with Crippen molar-refractivity contribution in [1.29, 1.82) is 0 Å². The number of carbonyl (C=O) groups excluding carboxylic acids is 1. The number of anilines is 1. The predicted molar refractivity (Wildman–Crippen MR) is 150 cm³/mol. The van der Waals surface area contributed by atoms with Crippen LogP contribution < -0.4 is 14.4 Å². The van der Waals surface area contributed by atoms with Crippen molar-refractivity contribution in [2.75, 3.05) is 17.8 Å².